The summed E-state index contributed by atoms with van der Waals surface area (Å²) >= 11 is 0. The molecule has 0 atom stereocenters. The fourth-order valence-electron chi connectivity index (χ4n) is 20.1. The highest BCUT2D eigenvalue weighted by molar-refractivity contribution is 6.21. The number of hydrogen-bond donors (Lipinski definition) is 0. The van der Waals surface area contributed by atoms with Crippen LogP contribution in [0.5, 0.6) is 0 Å². The molecule has 27 rings (SSSR count). The summed E-state index contributed by atoms with van der Waals surface area (Å²) in [4.78, 5) is 28.6. The van der Waals surface area contributed by atoms with Crippen LogP contribution in [-0.4, -0.2) is 57.3 Å². The van der Waals surface area contributed by atoms with Crippen molar-refractivity contribution in [1.82, 2.24) is 57.3 Å². The Morgan fingerprint density at radius 2 is 0.432 bits per heavy atom. The van der Waals surface area contributed by atoms with Gasteiger partial charge in [-0.15, -0.1) is 0 Å². The molecule has 0 unspecified atom stereocenters. The number of rotatable bonds is 12. The second-order valence-electron chi connectivity index (χ2n) is 33.3. The minimum Gasteiger partial charge on any atom is -0.309 e. The molecule has 0 radical (unpaired) electrons. The average molecular weight is 1690 g/mol. The van der Waals surface area contributed by atoms with E-state index in [1.807, 2.05) is 104 Å². The van der Waals surface area contributed by atoms with E-state index in [1.165, 1.54) is 121 Å². The van der Waals surface area contributed by atoms with Crippen LogP contribution in [0.4, 0.5) is 0 Å². The van der Waals surface area contributed by atoms with E-state index in [4.69, 9.17) is 15.0 Å². The molecule has 10 aromatic heterocycles. The van der Waals surface area contributed by atoms with Crippen molar-refractivity contribution in [3.05, 3.63) is 474 Å². The molecule has 0 N–H and O–H groups in total. The molecule has 0 aliphatic carbocycles. The molecule has 12 heteroatoms. The molecule has 10 heterocycles. The molecule has 132 heavy (non-hydrogen) atoms. The second-order valence-corrected chi connectivity index (χ2v) is 33.3. The minimum absolute atomic E-state index is 0.579. The zero-order chi connectivity index (χ0) is 87.1. The highest BCUT2D eigenvalue weighted by Gasteiger charge is 2.26. The number of hydrogen-bond acceptors (Lipinski definition) is 6. The molecule has 0 spiro atoms. The third kappa shape index (κ3) is 12.9. The lowest BCUT2D eigenvalue weighted by Gasteiger charge is -2.11. The maximum Gasteiger partial charge on any atom is 0.238 e. The monoisotopic (exact) mass is 1690 g/mol. The van der Waals surface area contributed by atoms with Crippen molar-refractivity contribution in [2.45, 2.75) is 0 Å². The molecule has 0 saturated heterocycles. The predicted octanol–water partition coefficient (Wildman–Crippen LogP) is 30.0. The number of nitrogens with zero attached hydrogens (tertiary/aromatic N) is 12. The number of fused-ring (bicyclic) bond motifs is 18. The summed E-state index contributed by atoms with van der Waals surface area (Å²) in [5.74, 6) is 1.84. The molecule has 618 valence electrons. The molecule has 17 aromatic carbocycles. The van der Waals surface area contributed by atoms with E-state index < -0.39 is 0 Å². The van der Waals surface area contributed by atoms with Crippen molar-refractivity contribution in [1.29, 1.82) is 0 Å². The standard InChI is InChI=1S/C44H28N6.C41H27N3.C35H23N3/c1-4-13-29(14-5-1)42-46-43(30-15-6-2-7-16-30)48-44(47-42)50-37-21-11-10-19-35(37)41-33(20-12-22-39(41)50)31-23-24-38-36(27-31)34-25-26-45-28-40(34)49(38)32-17-8-3-9-18-32;1-3-10-28(11-4-1)29-18-21-32(22-19-29)43-37-16-8-7-14-35(37)41-33(15-9-17-39(41)43)30-20-23-38-36(26-30)34-24-25-42-27-40(34)44(38)31-12-5-2-6-13-31;1-3-10-25(11-4-1)37-32-19-18-24(22-29(32)30-23-36-21-20-33(30)37)27-15-9-17-34-35(27)28-14-7-8-16-31(28)38(34)26-12-5-2-6-13-26/h1-28H;1-27H;1-23H. The van der Waals surface area contributed by atoms with E-state index in [0.29, 0.717) is 17.6 Å². The van der Waals surface area contributed by atoms with Gasteiger partial charge >= 0.3 is 0 Å². The fraction of sp³-hybridized carbons (Fsp3) is 0. The third-order valence-electron chi connectivity index (χ3n) is 25.9. The average Bonchev–Trinajstić information content (AvgIpc) is 1.60. The lowest BCUT2D eigenvalue weighted by molar-refractivity contribution is 0.953. The van der Waals surface area contributed by atoms with Crippen molar-refractivity contribution in [2.24, 2.45) is 0 Å². The number of benzene rings is 17. The van der Waals surface area contributed by atoms with Crippen LogP contribution in [-0.2, 0) is 0 Å². The Morgan fingerprint density at radius 1 is 0.152 bits per heavy atom. The summed E-state index contributed by atoms with van der Waals surface area (Å²) < 4.78 is 13.9. The van der Waals surface area contributed by atoms with E-state index in [-0.39, 0.29) is 0 Å². The molecule has 27 aromatic rings. The van der Waals surface area contributed by atoms with E-state index in [9.17, 15) is 0 Å². The van der Waals surface area contributed by atoms with Crippen molar-refractivity contribution >= 4 is 131 Å². The zero-order valence-corrected chi connectivity index (χ0v) is 71.4. The zero-order valence-electron chi connectivity index (χ0n) is 71.4. The first kappa shape index (κ1) is 76.4. The van der Waals surface area contributed by atoms with Gasteiger partial charge in [0.05, 0.1) is 78.6 Å². The number of para-hydroxylation sites is 7. The maximum atomic E-state index is 5.11. The van der Waals surface area contributed by atoms with Crippen molar-refractivity contribution in [3.63, 3.8) is 0 Å². The highest BCUT2D eigenvalue weighted by Crippen LogP contribution is 2.47. The molecule has 12 nitrogen and oxygen atoms in total. The van der Waals surface area contributed by atoms with Gasteiger partial charge in [-0.05, 0) is 196 Å². The van der Waals surface area contributed by atoms with Gasteiger partial charge in [-0.1, -0.05) is 285 Å². The summed E-state index contributed by atoms with van der Waals surface area (Å²) in [7, 11) is 0. The van der Waals surface area contributed by atoms with Crippen LogP contribution in [0.1, 0.15) is 0 Å². The summed E-state index contributed by atoms with van der Waals surface area (Å²) in [6.07, 6.45) is 11.6. The normalized spacial score (nSPS) is 11.6. The van der Waals surface area contributed by atoms with Gasteiger partial charge in [-0.2, -0.15) is 9.97 Å². The van der Waals surface area contributed by atoms with Gasteiger partial charge < -0.3 is 22.8 Å². The first-order chi connectivity index (χ1) is 65.5. The Kier molecular flexibility index (Phi) is 18.6. The number of pyridine rings is 3. The summed E-state index contributed by atoms with van der Waals surface area (Å²) in [6.45, 7) is 0. The molecule has 0 amide bonds. The topological polar surface area (TPSA) is 107 Å². The first-order valence-electron chi connectivity index (χ1n) is 44.5. The summed E-state index contributed by atoms with van der Waals surface area (Å²) in [5, 5.41) is 14.5. The van der Waals surface area contributed by atoms with Crippen LogP contribution < -0.4 is 0 Å². The van der Waals surface area contributed by atoms with Crippen LogP contribution in [0.25, 0.3) is 233 Å². The predicted molar refractivity (Wildman–Crippen MR) is 545 cm³/mol. The van der Waals surface area contributed by atoms with Gasteiger partial charge in [0, 0.05) is 129 Å². The number of aromatic nitrogens is 12. The Bertz CT molecular complexity index is 9060. The lowest BCUT2D eigenvalue weighted by Crippen LogP contribution is -2.06. The van der Waals surface area contributed by atoms with E-state index in [2.05, 4.69) is 412 Å². The molecule has 0 saturated carbocycles. The van der Waals surface area contributed by atoms with Crippen LogP contribution in [0, 0.1) is 0 Å². The minimum atomic E-state index is 0.579. The summed E-state index contributed by atoms with van der Waals surface area (Å²) in [6, 6.07) is 155. The largest absolute Gasteiger partial charge is 0.309 e. The lowest BCUT2D eigenvalue weighted by atomic mass is 9.98. The SMILES string of the molecule is c1ccc(-c2ccc(-n3c4ccccc4c4c(-c5ccc6c(c5)c5ccncc5n6-c5ccccc5)cccc43)cc2)cc1.c1ccc(-c2nc(-c3ccccc3)nc(-n3c4ccccc4c4c(-c5ccc6c(c5)c5ccncc5n6-c5ccccc5)cccc43)n2)cc1.c1ccc(-n2c3ccncc3c3cc(-c4cccc5c4c4ccccc4n5-c4ccccc4)ccc32)cc1. The van der Waals surface area contributed by atoms with Crippen molar-refractivity contribution < 1.29 is 0 Å². The van der Waals surface area contributed by atoms with Crippen LogP contribution in [0.3, 0.4) is 0 Å². The quantitative estimate of drug-likeness (QED) is 0.121. The Balaban J connectivity index is 0.000000107. The smallest absolute Gasteiger partial charge is 0.238 e. The van der Waals surface area contributed by atoms with E-state index in [1.54, 1.807) is 0 Å². The summed E-state index contributed by atoms with van der Waals surface area (Å²) in [5.41, 5.74) is 31.0. The van der Waals surface area contributed by atoms with Crippen LogP contribution >= 0.6 is 0 Å². The van der Waals surface area contributed by atoms with Gasteiger partial charge in [0.25, 0.3) is 0 Å². The van der Waals surface area contributed by atoms with Crippen LogP contribution in [0.2, 0.25) is 0 Å². The van der Waals surface area contributed by atoms with E-state index in [0.717, 1.165) is 94.3 Å². The second kappa shape index (κ2) is 32.1. The molecular weight excluding hydrogens is 1610 g/mol. The Morgan fingerprint density at radius 3 is 0.841 bits per heavy atom. The molecule has 0 aliphatic rings. The fourth-order valence-corrected chi connectivity index (χ4v) is 20.1. The van der Waals surface area contributed by atoms with Gasteiger partial charge in [0.2, 0.25) is 5.95 Å². The van der Waals surface area contributed by atoms with E-state index >= 15 is 0 Å². The van der Waals surface area contributed by atoms with Gasteiger partial charge in [-0.3, -0.25) is 19.5 Å². The van der Waals surface area contributed by atoms with Gasteiger partial charge in [-0.25, -0.2) is 4.98 Å². The highest BCUT2D eigenvalue weighted by atomic mass is 15.2. The van der Waals surface area contributed by atoms with Gasteiger partial charge in [0.1, 0.15) is 0 Å². The molecule has 0 bridgehead atoms. The maximum absolute atomic E-state index is 5.11. The van der Waals surface area contributed by atoms with Crippen molar-refractivity contribution in [3.8, 4) is 102 Å². The molecular formula is C120H78N12. The third-order valence-corrected chi connectivity index (χ3v) is 25.9. The first-order valence-corrected chi connectivity index (χ1v) is 44.5. The Hall–Kier alpha value is -18.0. The molecule has 0 aliphatic heterocycles. The van der Waals surface area contributed by atoms with Gasteiger partial charge in [0.15, 0.2) is 11.6 Å². The van der Waals surface area contributed by atoms with Crippen LogP contribution in [0.15, 0.2) is 474 Å². The molecule has 0 fully saturated rings. The Labute approximate surface area is 758 Å². The van der Waals surface area contributed by atoms with Crippen molar-refractivity contribution in [2.75, 3.05) is 0 Å².